The highest BCUT2D eigenvalue weighted by molar-refractivity contribution is 6.42. The summed E-state index contributed by atoms with van der Waals surface area (Å²) < 4.78 is 22.2. The Morgan fingerprint density at radius 2 is 1.86 bits per heavy atom. The number of halogens is 3. The zero-order chi connectivity index (χ0) is 19.8. The molecule has 3 aromatic rings. The van der Waals surface area contributed by atoms with Gasteiger partial charge in [-0.2, -0.15) is 0 Å². The predicted octanol–water partition coefficient (Wildman–Crippen LogP) is 6.64. The van der Waals surface area contributed by atoms with E-state index in [1.165, 1.54) is 10.6 Å². The highest BCUT2D eigenvalue weighted by Gasteiger charge is 2.30. The zero-order valence-corrected chi connectivity index (χ0v) is 16.7. The van der Waals surface area contributed by atoms with Gasteiger partial charge < -0.3 is 4.74 Å². The molecule has 1 atom stereocenters. The quantitative estimate of drug-likeness (QED) is 0.465. The van der Waals surface area contributed by atoms with Crippen LogP contribution < -0.4 is 4.74 Å². The molecular formula is C22H18Cl2FNO2. The molecule has 1 aliphatic carbocycles. The lowest BCUT2D eigenvalue weighted by Crippen LogP contribution is -2.15. The van der Waals surface area contributed by atoms with Crippen molar-refractivity contribution >= 4 is 29.1 Å². The molecule has 1 heterocycles. The van der Waals surface area contributed by atoms with E-state index in [1.807, 2.05) is 6.92 Å². The molecule has 3 nitrogen and oxygen atoms in total. The van der Waals surface area contributed by atoms with Gasteiger partial charge in [0.2, 0.25) is 0 Å². The summed E-state index contributed by atoms with van der Waals surface area (Å²) in [4.78, 5) is 12.6. The summed E-state index contributed by atoms with van der Waals surface area (Å²) in [6, 6.07) is 11.6. The fourth-order valence-electron chi connectivity index (χ4n) is 3.30. The third kappa shape index (κ3) is 3.80. The molecule has 0 bridgehead atoms. The van der Waals surface area contributed by atoms with Crippen LogP contribution in [0.4, 0.5) is 4.39 Å². The Bertz CT molecular complexity index is 1030. The Labute approximate surface area is 172 Å². The lowest BCUT2D eigenvalue weighted by atomic mass is 9.96. The van der Waals surface area contributed by atoms with Crippen LogP contribution in [0.3, 0.4) is 0 Å². The number of benzene rings is 2. The number of carbonyl (C=O) groups excluding carboxylic acids is 1. The highest BCUT2D eigenvalue weighted by Crippen LogP contribution is 2.44. The Morgan fingerprint density at radius 3 is 2.50 bits per heavy atom. The van der Waals surface area contributed by atoms with E-state index in [4.69, 9.17) is 27.9 Å². The van der Waals surface area contributed by atoms with E-state index in [2.05, 4.69) is 0 Å². The second-order valence-electron chi connectivity index (χ2n) is 6.97. The highest BCUT2D eigenvalue weighted by atomic mass is 35.5. The minimum absolute atomic E-state index is 0.0728. The number of hydrogen-bond acceptors (Lipinski definition) is 2. The summed E-state index contributed by atoms with van der Waals surface area (Å²) in [5.74, 6) is -0.0556. The molecule has 0 spiro atoms. The summed E-state index contributed by atoms with van der Waals surface area (Å²) in [5.41, 5.74) is 1.78. The molecule has 1 fully saturated rings. The Balaban J connectivity index is 1.67. The molecule has 0 aliphatic heterocycles. The number of hydrogen-bond donors (Lipinski definition) is 0. The van der Waals surface area contributed by atoms with Crippen molar-refractivity contribution in [1.82, 2.24) is 4.57 Å². The van der Waals surface area contributed by atoms with Gasteiger partial charge >= 0.3 is 0 Å². The first-order valence-corrected chi connectivity index (χ1v) is 9.82. The van der Waals surface area contributed by atoms with Gasteiger partial charge in [-0.1, -0.05) is 23.2 Å². The van der Waals surface area contributed by atoms with Gasteiger partial charge in [-0.15, -0.1) is 0 Å². The fraction of sp³-hybridized carbons (Fsp3) is 0.227. The molecule has 28 heavy (non-hydrogen) atoms. The Kier molecular flexibility index (Phi) is 5.17. The van der Waals surface area contributed by atoms with Crippen LogP contribution in [0, 0.1) is 5.82 Å². The Hall–Kier alpha value is -2.30. The number of aromatic nitrogens is 1. The van der Waals surface area contributed by atoms with E-state index in [0.717, 1.165) is 24.0 Å². The van der Waals surface area contributed by atoms with Gasteiger partial charge in [0.15, 0.2) is 0 Å². The van der Waals surface area contributed by atoms with Gasteiger partial charge in [0.05, 0.1) is 15.6 Å². The average molecular weight is 418 g/mol. The monoisotopic (exact) mass is 417 g/mol. The second kappa shape index (κ2) is 7.61. The second-order valence-corrected chi connectivity index (χ2v) is 7.78. The Morgan fingerprint density at radius 1 is 1.14 bits per heavy atom. The normalized spacial score (nSPS) is 14.7. The van der Waals surface area contributed by atoms with E-state index < -0.39 is 11.9 Å². The van der Waals surface area contributed by atoms with E-state index in [0.29, 0.717) is 21.7 Å². The van der Waals surface area contributed by atoms with Crippen LogP contribution in [-0.4, -0.2) is 10.5 Å². The number of ether oxygens (including phenoxy) is 1. The van der Waals surface area contributed by atoms with Gasteiger partial charge in [-0.05, 0) is 73.2 Å². The smallest absolute Gasteiger partial charge is 0.264 e. The molecule has 0 amide bonds. The van der Waals surface area contributed by atoms with Crippen molar-refractivity contribution in [1.29, 1.82) is 0 Å². The van der Waals surface area contributed by atoms with Crippen molar-refractivity contribution in [2.75, 3.05) is 0 Å². The van der Waals surface area contributed by atoms with Crippen molar-refractivity contribution in [2.45, 2.75) is 31.8 Å². The van der Waals surface area contributed by atoms with Gasteiger partial charge in [0, 0.05) is 18.5 Å². The number of nitrogens with zero attached hydrogens (tertiary/aromatic N) is 1. The van der Waals surface area contributed by atoms with Crippen LogP contribution in [0.1, 0.15) is 53.3 Å². The zero-order valence-electron chi connectivity index (χ0n) is 15.2. The minimum atomic E-state index is -0.553. The summed E-state index contributed by atoms with van der Waals surface area (Å²) in [5, 5.41) is 0.840. The molecule has 144 valence electrons. The molecule has 4 rings (SSSR count). The van der Waals surface area contributed by atoms with Crippen molar-refractivity contribution in [3.63, 3.8) is 0 Å². The van der Waals surface area contributed by atoms with Gasteiger partial charge in [0.1, 0.15) is 17.7 Å². The largest absolute Gasteiger partial charge is 0.486 e. The van der Waals surface area contributed by atoms with Crippen LogP contribution in [0.25, 0.3) is 0 Å². The lowest BCUT2D eigenvalue weighted by Gasteiger charge is -2.20. The lowest BCUT2D eigenvalue weighted by molar-refractivity contribution is 0.0956. The molecule has 6 heteroatoms. The molecule has 0 radical (unpaired) electrons. The summed E-state index contributed by atoms with van der Waals surface area (Å²) in [6.45, 7) is 1.86. The van der Waals surface area contributed by atoms with Crippen LogP contribution in [0.5, 0.6) is 5.75 Å². The summed E-state index contributed by atoms with van der Waals surface area (Å²) >= 11 is 12.0. The van der Waals surface area contributed by atoms with Crippen LogP contribution in [0.2, 0.25) is 10.0 Å². The summed E-state index contributed by atoms with van der Waals surface area (Å²) in [7, 11) is 0. The third-order valence-electron chi connectivity index (χ3n) is 4.90. The predicted molar refractivity (Wildman–Crippen MR) is 108 cm³/mol. The molecule has 1 aromatic heterocycles. The molecule has 0 unspecified atom stereocenters. The standard InChI is InChI=1S/C22H18Cl2FNO2/c1-13(28-15-6-7-19(23)20(24)10-15)16-12-21(25)18(11-17(16)14-4-5-14)22(27)26-8-2-3-9-26/h2-3,6-14H,4-5H2,1H3/t13-/m1/s1. The van der Waals surface area contributed by atoms with Crippen molar-refractivity contribution in [3.8, 4) is 5.75 Å². The van der Waals surface area contributed by atoms with Crippen molar-refractivity contribution in [2.24, 2.45) is 0 Å². The molecule has 1 aliphatic rings. The van der Waals surface area contributed by atoms with Crippen LogP contribution in [0.15, 0.2) is 54.9 Å². The van der Waals surface area contributed by atoms with E-state index in [1.54, 1.807) is 48.8 Å². The van der Waals surface area contributed by atoms with Gasteiger partial charge in [0.25, 0.3) is 5.91 Å². The molecule has 0 N–H and O–H groups in total. The number of carbonyl (C=O) groups is 1. The van der Waals surface area contributed by atoms with Crippen LogP contribution >= 0.6 is 23.2 Å². The molecule has 2 aromatic carbocycles. The SMILES string of the molecule is C[C@@H](Oc1ccc(Cl)c(Cl)c1)c1cc(F)c(C(=O)n2cccc2)cc1C1CC1. The number of rotatable bonds is 5. The maximum absolute atomic E-state index is 14.8. The first kappa shape index (κ1) is 19.0. The van der Waals surface area contributed by atoms with E-state index in [9.17, 15) is 9.18 Å². The maximum Gasteiger partial charge on any atom is 0.264 e. The molecular weight excluding hydrogens is 400 g/mol. The average Bonchev–Trinajstić information content (AvgIpc) is 3.37. The van der Waals surface area contributed by atoms with E-state index in [-0.39, 0.29) is 11.5 Å². The van der Waals surface area contributed by atoms with Gasteiger partial charge in [-0.3, -0.25) is 9.36 Å². The van der Waals surface area contributed by atoms with Gasteiger partial charge in [-0.25, -0.2) is 4.39 Å². The maximum atomic E-state index is 14.8. The van der Waals surface area contributed by atoms with Crippen LogP contribution in [-0.2, 0) is 0 Å². The van der Waals surface area contributed by atoms with Crippen molar-refractivity contribution < 1.29 is 13.9 Å². The van der Waals surface area contributed by atoms with Crippen molar-refractivity contribution in [3.05, 3.63) is 87.4 Å². The first-order valence-electron chi connectivity index (χ1n) is 9.06. The topological polar surface area (TPSA) is 31.2 Å². The fourth-order valence-corrected chi connectivity index (χ4v) is 3.58. The van der Waals surface area contributed by atoms with E-state index >= 15 is 0 Å². The minimum Gasteiger partial charge on any atom is -0.486 e. The third-order valence-corrected chi connectivity index (χ3v) is 5.64. The first-order chi connectivity index (χ1) is 13.4. The molecule has 0 saturated heterocycles. The summed E-state index contributed by atoms with van der Waals surface area (Å²) in [6.07, 6.45) is 4.87. The molecule has 1 saturated carbocycles.